The Balaban J connectivity index is 2.01. The van der Waals surface area contributed by atoms with E-state index in [1.54, 1.807) is 7.11 Å². The fraction of sp³-hybridized carbons (Fsp3) is 0.353. The van der Waals surface area contributed by atoms with Crippen LogP contribution in [0.1, 0.15) is 17.0 Å². The highest BCUT2D eigenvalue weighted by atomic mass is 16.5. The van der Waals surface area contributed by atoms with Gasteiger partial charge in [0.15, 0.2) is 0 Å². The zero-order chi connectivity index (χ0) is 15.1. The molecule has 0 saturated carbocycles. The molecule has 0 spiro atoms. The van der Waals surface area contributed by atoms with Crippen LogP contribution < -0.4 is 10.1 Å². The molecule has 0 aliphatic heterocycles. The first-order chi connectivity index (χ1) is 10.2. The Labute approximate surface area is 126 Å². The molecule has 0 bridgehead atoms. The van der Waals surface area contributed by atoms with Crippen LogP contribution in [0.25, 0.3) is 0 Å². The highest BCUT2D eigenvalue weighted by Crippen LogP contribution is 2.19. The van der Waals surface area contributed by atoms with E-state index in [1.807, 2.05) is 31.3 Å². The predicted octanol–water partition coefficient (Wildman–Crippen LogP) is 2.44. The molecule has 112 valence electrons. The SMILES string of the molecule is CNCc1cccc(CN(C)Cc2ccccc2OC)n1. The van der Waals surface area contributed by atoms with Crippen LogP contribution in [0, 0.1) is 0 Å². The normalized spacial score (nSPS) is 10.9. The van der Waals surface area contributed by atoms with Gasteiger partial charge in [0.1, 0.15) is 5.75 Å². The van der Waals surface area contributed by atoms with Gasteiger partial charge in [-0.15, -0.1) is 0 Å². The maximum atomic E-state index is 5.40. The van der Waals surface area contributed by atoms with E-state index in [-0.39, 0.29) is 0 Å². The van der Waals surface area contributed by atoms with E-state index in [9.17, 15) is 0 Å². The summed E-state index contributed by atoms with van der Waals surface area (Å²) in [6.07, 6.45) is 0. The molecule has 2 rings (SSSR count). The van der Waals surface area contributed by atoms with Crippen LogP contribution in [0.4, 0.5) is 0 Å². The number of hydrogen-bond acceptors (Lipinski definition) is 4. The molecule has 0 saturated heterocycles. The smallest absolute Gasteiger partial charge is 0.123 e. The van der Waals surface area contributed by atoms with Crippen molar-refractivity contribution < 1.29 is 4.74 Å². The number of ether oxygens (including phenoxy) is 1. The monoisotopic (exact) mass is 285 g/mol. The van der Waals surface area contributed by atoms with Crippen molar-refractivity contribution in [3.05, 3.63) is 59.4 Å². The van der Waals surface area contributed by atoms with Gasteiger partial charge >= 0.3 is 0 Å². The first-order valence-corrected chi connectivity index (χ1v) is 7.12. The van der Waals surface area contributed by atoms with E-state index >= 15 is 0 Å². The maximum absolute atomic E-state index is 5.40. The number of nitrogens with zero attached hydrogens (tertiary/aromatic N) is 2. The number of hydrogen-bond donors (Lipinski definition) is 1. The number of methoxy groups -OCH3 is 1. The van der Waals surface area contributed by atoms with Gasteiger partial charge in [0, 0.05) is 25.2 Å². The van der Waals surface area contributed by atoms with Crippen molar-refractivity contribution >= 4 is 0 Å². The number of rotatable bonds is 7. The summed E-state index contributed by atoms with van der Waals surface area (Å²) in [4.78, 5) is 6.89. The third kappa shape index (κ3) is 4.55. The molecule has 0 atom stereocenters. The lowest BCUT2D eigenvalue weighted by Crippen LogP contribution is -2.19. The fourth-order valence-electron chi connectivity index (χ4n) is 2.35. The lowest BCUT2D eigenvalue weighted by atomic mass is 10.2. The van der Waals surface area contributed by atoms with E-state index in [2.05, 4.69) is 40.4 Å². The summed E-state index contributed by atoms with van der Waals surface area (Å²) in [5, 5.41) is 3.13. The zero-order valence-corrected chi connectivity index (χ0v) is 13.0. The minimum atomic E-state index is 0.796. The van der Waals surface area contributed by atoms with E-state index in [4.69, 9.17) is 4.74 Å². The van der Waals surface area contributed by atoms with Gasteiger partial charge in [0.25, 0.3) is 0 Å². The molecule has 0 aliphatic rings. The fourth-order valence-corrected chi connectivity index (χ4v) is 2.35. The molecule has 0 fully saturated rings. The van der Waals surface area contributed by atoms with Crippen molar-refractivity contribution in [2.75, 3.05) is 21.2 Å². The molecule has 1 aromatic heterocycles. The van der Waals surface area contributed by atoms with Crippen LogP contribution in [-0.4, -0.2) is 31.1 Å². The summed E-state index contributed by atoms with van der Waals surface area (Å²) in [7, 11) is 5.74. The molecule has 0 amide bonds. The molecule has 2 aromatic rings. The van der Waals surface area contributed by atoms with Crippen LogP contribution in [0.5, 0.6) is 5.75 Å². The summed E-state index contributed by atoms with van der Waals surface area (Å²) in [5.41, 5.74) is 3.34. The van der Waals surface area contributed by atoms with Crippen molar-refractivity contribution in [1.82, 2.24) is 15.2 Å². The lowest BCUT2D eigenvalue weighted by molar-refractivity contribution is 0.306. The number of aromatic nitrogens is 1. The first kappa shape index (κ1) is 15.5. The topological polar surface area (TPSA) is 37.4 Å². The molecular formula is C17H23N3O. The molecule has 4 nitrogen and oxygen atoms in total. The molecule has 0 aliphatic carbocycles. The van der Waals surface area contributed by atoms with Crippen LogP contribution in [-0.2, 0) is 19.6 Å². The second kappa shape index (κ2) is 7.76. The molecular weight excluding hydrogens is 262 g/mol. The first-order valence-electron chi connectivity index (χ1n) is 7.12. The third-order valence-electron chi connectivity index (χ3n) is 3.29. The van der Waals surface area contributed by atoms with Gasteiger partial charge in [-0.2, -0.15) is 0 Å². The minimum Gasteiger partial charge on any atom is -0.496 e. The van der Waals surface area contributed by atoms with E-state index in [0.29, 0.717) is 0 Å². The van der Waals surface area contributed by atoms with Gasteiger partial charge < -0.3 is 10.1 Å². The summed E-state index contributed by atoms with van der Waals surface area (Å²) < 4.78 is 5.40. The Bertz CT molecular complexity index is 571. The molecule has 1 aromatic carbocycles. The molecule has 0 radical (unpaired) electrons. The Morgan fingerprint density at radius 2 is 1.81 bits per heavy atom. The Morgan fingerprint density at radius 3 is 2.57 bits per heavy atom. The van der Waals surface area contributed by atoms with Gasteiger partial charge in [0.05, 0.1) is 18.5 Å². The summed E-state index contributed by atoms with van der Waals surface area (Å²) in [6.45, 7) is 2.45. The highest BCUT2D eigenvalue weighted by molar-refractivity contribution is 5.33. The number of pyridine rings is 1. The van der Waals surface area contributed by atoms with E-state index in [0.717, 1.165) is 36.8 Å². The quantitative estimate of drug-likeness (QED) is 0.848. The average molecular weight is 285 g/mol. The zero-order valence-electron chi connectivity index (χ0n) is 13.0. The maximum Gasteiger partial charge on any atom is 0.123 e. The molecule has 4 heteroatoms. The molecule has 1 N–H and O–H groups in total. The van der Waals surface area contributed by atoms with Gasteiger partial charge in [-0.25, -0.2) is 0 Å². The van der Waals surface area contributed by atoms with Crippen molar-refractivity contribution in [2.45, 2.75) is 19.6 Å². The van der Waals surface area contributed by atoms with Gasteiger partial charge in [-0.1, -0.05) is 24.3 Å². The predicted molar refractivity (Wildman–Crippen MR) is 85.2 cm³/mol. The summed E-state index contributed by atoms with van der Waals surface area (Å²) in [6, 6.07) is 14.3. The Hall–Kier alpha value is -1.91. The second-order valence-electron chi connectivity index (χ2n) is 5.13. The summed E-state index contributed by atoms with van der Waals surface area (Å²) >= 11 is 0. The van der Waals surface area contributed by atoms with Gasteiger partial charge in [-0.05, 0) is 32.3 Å². The van der Waals surface area contributed by atoms with Crippen molar-refractivity contribution in [1.29, 1.82) is 0 Å². The van der Waals surface area contributed by atoms with Crippen molar-refractivity contribution in [3.8, 4) is 5.75 Å². The van der Waals surface area contributed by atoms with Crippen molar-refractivity contribution in [3.63, 3.8) is 0 Å². The van der Waals surface area contributed by atoms with Crippen LogP contribution in [0.3, 0.4) is 0 Å². The highest BCUT2D eigenvalue weighted by Gasteiger charge is 2.07. The van der Waals surface area contributed by atoms with Crippen LogP contribution in [0.15, 0.2) is 42.5 Å². The number of benzene rings is 1. The van der Waals surface area contributed by atoms with Gasteiger partial charge in [0.2, 0.25) is 0 Å². The minimum absolute atomic E-state index is 0.796. The standard InChI is InChI=1S/C17H23N3O/c1-18-11-15-8-6-9-16(19-15)13-20(2)12-14-7-4-5-10-17(14)21-3/h4-10,18H,11-13H2,1-3H3. The van der Waals surface area contributed by atoms with Gasteiger partial charge in [-0.3, -0.25) is 9.88 Å². The lowest BCUT2D eigenvalue weighted by Gasteiger charge is -2.18. The second-order valence-corrected chi connectivity index (χ2v) is 5.13. The van der Waals surface area contributed by atoms with E-state index < -0.39 is 0 Å². The van der Waals surface area contributed by atoms with E-state index in [1.165, 1.54) is 5.56 Å². The summed E-state index contributed by atoms with van der Waals surface area (Å²) in [5.74, 6) is 0.932. The Kier molecular flexibility index (Phi) is 5.72. The van der Waals surface area contributed by atoms with Crippen LogP contribution >= 0.6 is 0 Å². The average Bonchev–Trinajstić information content (AvgIpc) is 2.48. The third-order valence-corrected chi connectivity index (χ3v) is 3.29. The molecule has 21 heavy (non-hydrogen) atoms. The molecule has 0 unspecified atom stereocenters. The Morgan fingerprint density at radius 1 is 1.05 bits per heavy atom. The van der Waals surface area contributed by atoms with Crippen molar-refractivity contribution in [2.24, 2.45) is 0 Å². The largest absolute Gasteiger partial charge is 0.496 e. The number of para-hydroxylation sites is 1. The number of nitrogens with one attached hydrogen (secondary N) is 1. The van der Waals surface area contributed by atoms with Crippen LogP contribution in [0.2, 0.25) is 0 Å². The molecule has 1 heterocycles.